The van der Waals surface area contributed by atoms with Crippen LogP contribution in [-0.2, 0) is 0 Å². The lowest BCUT2D eigenvalue weighted by Crippen LogP contribution is -2.33. The summed E-state index contributed by atoms with van der Waals surface area (Å²) in [6.07, 6.45) is 10.2. The third-order valence-corrected chi connectivity index (χ3v) is 2.00. The van der Waals surface area contributed by atoms with Crippen molar-refractivity contribution < 1.29 is 0 Å². The molecule has 52 valence electrons. The van der Waals surface area contributed by atoms with Crippen molar-refractivity contribution in [3.8, 4) is 0 Å². The molecule has 0 aromatic rings. The second-order valence-electron chi connectivity index (χ2n) is 2.29. The molecule has 0 aliphatic carbocycles. The Hall–Kier alpha value is -0.830. The van der Waals surface area contributed by atoms with Crippen molar-refractivity contribution in [3.63, 3.8) is 0 Å². The summed E-state index contributed by atoms with van der Waals surface area (Å²) in [7, 11) is 0. The van der Waals surface area contributed by atoms with Crippen molar-refractivity contribution in [2.75, 3.05) is 0 Å². The molecular formula is C7H8N2S. The van der Waals surface area contributed by atoms with Crippen molar-refractivity contribution in [1.82, 2.24) is 9.62 Å². The van der Waals surface area contributed by atoms with Gasteiger partial charge in [-0.25, -0.2) is 0 Å². The van der Waals surface area contributed by atoms with E-state index in [2.05, 4.69) is 30.3 Å². The van der Waals surface area contributed by atoms with Gasteiger partial charge < -0.3 is 9.62 Å². The molecule has 2 heterocycles. The van der Waals surface area contributed by atoms with Gasteiger partial charge in [-0.3, -0.25) is 0 Å². The molecule has 1 N–H and O–H groups in total. The summed E-state index contributed by atoms with van der Waals surface area (Å²) in [6, 6.07) is 0. The fourth-order valence-electron chi connectivity index (χ4n) is 1.13. The van der Waals surface area contributed by atoms with Crippen molar-refractivity contribution in [3.05, 3.63) is 36.2 Å². The number of hydrogen-bond acceptors (Lipinski definition) is 3. The maximum atomic E-state index is 4.24. The third kappa shape index (κ3) is 0.743. The lowest BCUT2D eigenvalue weighted by molar-refractivity contribution is 0.475. The lowest BCUT2D eigenvalue weighted by Gasteiger charge is -2.25. The van der Waals surface area contributed by atoms with Crippen LogP contribution in [0.1, 0.15) is 0 Å². The smallest absolute Gasteiger partial charge is 0.134 e. The van der Waals surface area contributed by atoms with Gasteiger partial charge in [0.25, 0.3) is 0 Å². The molecule has 1 unspecified atom stereocenters. The molecule has 0 bridgehead atoms. The number of thiol groups is 1. The number of allylic oxidation sites excluding steroid dienone is 2. The van der Waals surface area contributed by atoms with Crippen LogP contribution in [0.4, 0.5) is 0 Å². The second kappa shape index (κ2) is 2.09. The molecule has 3 heteroatoms. The predicted octanol–water partition coefficient (Wildman–Crippen LogP) is 1.03. The van der Waals surface area contributed by atoms with Gasteiger partial charge in [-0.15, -0.1) is 0 Å². The predicted molar refractivity (Wildman–Crippen MR) is 44.1 cm³/mol. The topological polar surface area (TPSA) is 15.3 Å². The monoisotopic (exact) mass is 152 g/mol. The largest absolute Gasteiger partial charge is 0.367 e. The van der Waals surface area contributed by atoms with Gasteiger partial charge in [-0.1, -0.05) is 18.9 Å². The summed E-state index contributed by atoms with van der Waals surface area (Å²) in [5.41, 5.74) is 1.26. The Morgan fingerprint density at radius 1 is 1.60 bits per heavy atom. The van der Waals surface area contributed by atoms with Crippen molar-refractivity contribution in [1.29, 1.82) is 0 Å². The second-order valence-corrected chi connectivity index (χ2v) is 2.75. The van der Waals surface area contributed by atoms with Crippen molar-refractivity contribution >= 4 is 12.8 Å². The highest BCUT2D eigenvalue weighted by atomic mass is 32.1. The Kier molecular flexibility index (Phi) is 1.24. The SMILES string of the molecule is SN1C=CC=C2C=CNC21. The van der Waals surface area contributed by atoms with E-state index in [0.717, 1.165) is 0 Å². The standard InChI is InChI=1S/C7H8N2S/c10-9-5-1-2-6-3-4-8-7(6)9/h1-5,7-8,10H. The van der Waals surface area contributed by atoms with Crippen LogP contribution in [0.5, 0.6) is 0 Å². The molecule has 0 saturated heterocycles. The summed E-state index contributed by atoms with van der Waals surface area (Å²) < 4.78 is 1.84. The number of fused-ring (bicyclic) bond motifs is 1. The van der Waals surface area contributed by atoms with Crippen molar-refractivity contribution in [2.45, 2.75) is 6.17 Å². The quantitative estimate of drug-likeness (QED) is 0.504. The summed E-state index contributed by atoms with van der Waals surface area (Å²) in [5.74, 6) is 0. The number of nitrogens with zero attached hydrogens (tertiary/aromatic N) is 1. The highest BCUT2D eigenvalue weighted by molar-refractivity contribution is 7.77. The molecule has 0 fully saturated rings. The number of rotatable bonds is 0. The average Bonchev–Trinajstić information content (AvgIpc) is 2.36. The molecule has 10 heavy (non-hydrogen) atoms. The fraction of sp³-hybridized carbons (Fsp3) is 0.143. The molecule has 0 aromatic heterocycles. The first kappa shape index (κ1) is 5.92. The molecule has 2 aliphatic rings. The fourth-order valence-corrected chi connectivity index (χ4v) is 1.40. The van der Waals surface area contributed by atoms with Gasteiger partial charge in [-0.2, -0.15) is 0 Å². The lowest BCUT2D eigenvalue weighted by atomic mass is 10.2. The van der Waals surface area contributed by atoms with Crippen LogP contribution in [-0.4, -0.2) is 10.5 Å². The number of hydrogen-bond donors (Lipinski definition) is 2. The minimum absolute atomic E-state index is 0.244. The summed E-state index contributed by atoms with van der Waals surface area (Å²) in [5, 5.41) is 3.16. The Morgan fingerprint density at radius 3 is 3.30 bits per heavy atom. The van der Waals surface area contributed by atoms with Gasteiger partial charge in [0.15, 0.2) is 0 Å². The Labute approximate surface area is 65.4 Å². The van der Waals surface area contributed by atoms with Gasteiger partial charge in [0.1, 0.15) is 6.17 Å². The van der Waals surface area contributed by atoms with Crippen LogP contribution in [0.15, 0.2) is 36.2 Å². The Bertz CT molecular complexity index is 230. The highest BCUT2D eigenvalue weighted by Gasteiger charge is 2.19. The molecule has 0 spiro atoms. The zero-order valence-corrected chi connectivity index (χ0v) is 6.25. The van der Waals surface area contributed by atoms with Gasteiger partial charge in [0.2, 0.25) is 0 Å². The van der Waals surface area contributed by atoms with E-state index in [0.29, 0.717) is 0 Å². The maximum absolute atomic E-state index is 4.24. The van der Waals surface area contributed by atoms with Crippen LogP contribution in [0.3, 0.4) is 0 Å². The van der Waals surface area contributed by atoms with E-state index >= 15 is 0 Å². The van der Waals surface area contributed by atoms with Gasteiger partial charge in [0, 0.05) is 6.20 Å². The first-order valence-electron chi connectivity index (χ1n) is 3.16. The molecule has 2 aliphatic heterocycles. The van der Waals surface area contributed by atoms with E-state index in [1.165, 1.54) is 5.57 Å². The molecule has 0 amide bonds. The first-order valence-corrected chi connectivity index (χ1v) is 3.56. The number of nitrogens with one attached hydrogen (secondary N) is 1. The minimum atomic E-state index is 0.244. The van der Waals surface area contributed by atoms with Crippen LogP contribution >= 0.6 is 12.8 Å². The highest BCUT2D eigenvalue weighted by Crippen LogP contribution is 2.20. The van der Waals surface area contributed by atoms with Crippen LogP contribution < -0.4 is 5.32 Å². The van der Waals surface area contributed by atoms with E-state index in [1.807, 2.05) is 22.8 Å². The minimum Gasteiger partial charge on any atom is -0.367 e. The van der Waals surface area contributed by atoms with E-state index < -0.39 is 0 Å². The molecule has 0 saturated carbocycles. The van der Waals surface area contributed by atoms with Crippen LogP contribution in [0, 0.1) is 0 Å². The molecule has 2 rings (SSSR count). The average molecular weight is 152 g/mol. The summed E-state index contributed by atoms with van der Waals surface area (Å²) in [4.78, 5) is 0. The van der Waals surface area contributed by atoms with Crippen LogP contribution in [0.2, 0.25) is 0 Å². The van der Waals surface area contributed by atoms with E-state index in [1.54, 1.807) is 0 Å². The van der Waals surface area contributed by atoms with Gasteiger partial charge >= 0.3 is 0 Å². The Morgan fingerprint density at radius 2 is 2.50 bits per heavy atom. The molecule has 1 atom stereocenters. The first-order chi connectivity index (χ1) is 4.88. The summed E-state index contributed by atoms with van der Waals surface area (Å²) in [6.45, 7) is 0. The maximum Gasteiger partial charge on any atom is 0.134 e. The third-order valence-electron chi connectivity index (χ3n) is 1.64. The van der Waals surface area contributed by atoms with Gasteiger partial charge in [0.05, 0.1) is 0 Å². The Balaban J connectivity index is 2.31. The summed E-state index contributed by atoms with van der Waals surface area (Å²) >= 11 is 4.24. The zero-order chi connectivity index (χ0) is 6.97. The van der Waals surface area contributed by atoms with E-state index in [-0.39, 0.29) is 6.17 Å². The van der Waals surface area contributed by atoms with Gasteiger partial charge in [-0.05, 0) is 23.9 Å². The molecule has 2 nitrogen and oxygen atoms in total. The zero-order valence-electron chi connectivity index (χ0n) is 5.36. The molecular weight excluding hydrogens is 144 g/mol. The van der Waals surface area contributed by atoms with E-state index in [4.69, 9.17) is 0 Å². The normalized spacial score (nSPS) is 27.9. The van der Waals surface area contributed by atoms with Crippen molar-refractivity contribution in [2.24, 2.45) is 0 Å². The van der Waals surface area contributed by atoms with Crippen LogP contribution in [0.25, 0.3) is 0 Å². The molecule has 0 radical (unpaired) electrons. The molecule has 0 aromatic carbocycles. The van der Waals surface area contributed by atoms with E-state index in [9.17, 15) is 0 Å².